The van der Waals surface area contributed by atoms with Crippen LogP contribution in [0.1, 0.15) is 38.8 Å². The first-order valence-corrected chi connectivity index (χ1v) is 12.8. The third-order valence-electron chi connectivity index (χ3n) is 5.15. The molecule has 0 saturated carbocycles. The van der Waals surface area contributed by atoms with Gasteiger partial charge in [0.15, 0.2) is 0 Å². The first-order valence-electron chi connectivity index (χ1n) is 11.0. The van der Waals surface area contributed by atoms with E-state index in [1.165, 1.54) is 4.90 Å². The maximum atomic E-state index is 13.5. The average Bonchev–Trinajstić information content (AvgIpc) is 2.74. The Bertz CT molecular complexity index is 1110. The van der Waals surface area contributed by atoms with Gasteiger partial charge in [0.1, 0.15) is 18.3 Å². The predicted octanol–water partition coefficient (Wildman–Crippen LogP) is 3.10. The van der Waals surface area contributed by atoms with Gasteiger partial charge in [0, 0.05) is 12.1 Å². The number of aryl methyl sites for hydroxylation is 1. The van der Waals surface area contributed by atoms with Crippen molar-refractivity contribution in [3.05, 3.63) is 59.7 Å². The Morgan fingerprint density at radius 2 is 1.71 bits per heavy atom. The molecule has 0 fully saturated rings. The summed E-state index contributed by atoms with van der Waals surface area (Å²) >= 11 is 0. The van der Waals surface area contributed by atoms with Crippen molar-refractivity contribution in [2.45, 2.75) is 52.7 Å². The van der Waals surface area contributed by atoms with E-state index in [-0.39, 0.29) is 12.5 Å². The molecule has 0 aromatic heterocycles. The number of carbonyl (C=O) groups is 2. The van der Waals surface area contributed by atoms with Gasteiger partial charge in [-0.15, -0.1) is 0 Å². The lowest BCUT2D eigenvalue weighted by Crippen LogP contribution is -2.54. The molecule has 2 rings (SSSR count). The van der Waals surface area contributed by atoms with E-state index in [4.69, 9.17) is 4.74 Å². The monoisotopic (exact) mass is 489 g/mol. The Morgan fingerprint density at radius 1 is 1.09 bits per heavy atom. The number of sulfonamides is 1. The highest BCUT2D eigenvalue weighted by Crippen LogP contribution is 2.21. The summed E-state index contributed by atoms with van der Waals surface area (Å²) in [6, 6.07) is 13.2. The summed E-state index contributed by atoms with van der Waals surface area (Å²) in [5.41, 5.74) is 1.62. The molecule has 1 N–H and O–H groups in total. The molecule has 2 aromatic carbocycles. The van der Waals surface area contributed by atoms with Gasteiger partial charge in [-0.1, -0.05) is 29.8 Å². The van der Waals surface area contributed by atoms with Crippen LogP contribution in [0.15, 0.2) is 48.5 Å². The average molecular weight is 490 g/mol. The van der Waals surface area contributed by atoms with Gasteiger partial charge >= 0.3 is 0 Å². The zero-order valence-corrected chi connectivity index (χ0v) is 21.8. The molecule has 0 saturated heterocycles. The van der Waals surface area contributed by atoms with Crippen LogP contribution >= 0.6 is 0 Å². The molecule has 2 aromatic rings. The van der Waals surface area contributed by atoms with E-state index in [0.29, 0.717) is 11.4 Å². The molecule has 0 spiro atoms. The van der Waals surface area contributed by atoms with Gasteiger partial charge in [-0.25, -0.2) is 8.42 Å². The van der Waals surface area contributed by atoms with Crippen molar-refractivity contribution in [2.75, 3.05) is 24.2 Å². The first kappa shape index (κ1) is 27.2. The zero-order chi connectivity index (χ0) is 25.7. The minimum atomic E-state index is -3.75. The summed E-state index contributed by atoms with van der Waals surface area (Å²) in [4.78, 5) is 27.9. The minimum absolute atomic E-state index is 0.111. The van der Waals surface area contributed by atoms with Crippen LogP contribution in [-0.4, -0.2) is 56.6 Å². The SMILES string of the molecule is COc1cccc(CN(C(=O)CN(c2ccc(C)cc2)S(C)(=O)=O)C(C)C(=O)NC(C)(C)C)c1. The molecular formula is C25H35N3O5S. The van der Waals surface area contributed by atoms with E-state index in [2.05, 4.69) is 5.32 Å². The summed E-state index contributed by atoms with van der Waals surface area (Å²) in [6.45, 7) is 8.78. The van der Waals surface area contributed by atoms with Crippen molar-refractivity contribution in [3.8, 4) is 5.75 Å². The van der Waals surface area contributed by atoms with Gasteiger partial charge in [-0.3, -0.25) is 13.9 Å². The summed E-state index contributed by atoms with van der Waals surface area (Å²) in [5, 5.41) is 2.89. The lowest BCUT2D eigenvalue weighted by atomic mass is 10.1. The van der Waals surface area contributed by atoms with Crippen LogP contribution in [-0.2, 0) is 26.2 Å². The second kappa shape index (κ2) is 10.9. The number of carbonyl (C=O) groups excluding carboxylic acids is 2. The Balaban J connectivity index is 2.41. The van der Waals surface area contributed by atoms with E-state index >= 15 is 0 Å². The molecule has 186 valence electrons. The van der Waals surface area contributed by atoms with Gasteiger partial charge in [0.2, 0.25) is 21.8 Å². The van der Waals surface area contributed by atoms with E-state index in [9.17, 15) is 18.0 Å². The number of nitrogens with zero attached hydrogens (tertiary/aromatic N) is 2. The second-order valence-corrected chi connectivity index (χ2v) is 11.3. The van der Waals surface area contributed by atoms with Crippen molar-refractivity contribution >= 4 is 27.5 Å². The number of amides is 2. The quantitative estimate of drug-likeness (QED) is 0.584. The van der Waals surface area contributed by atoms with Crippen LogP contribution in [0.4, 0.5) is 5.69 Å². The molecule has 0 bridgehead atoms. The van der Waals surface area contributed by atoms with E-state index in [1.54, 1.807) is 56.5 Å². The topological polar surface area (TPSA) is 96.0 Å². The fourth-order valence-electron chi connectivity index (χ4n) is 3.35. The highest BCUT2D eigenvalue weighted by molar-refractivity contribution is 7.92. The standard InChI is InChI=1S/C25H35N3O5S/c1-18-11-13-21(14-12-18)28(34(7,31)32)17-23(29)27(19(2)24(30)26-25(3,4)5)16-20-9-8-10-22(15-20)33-6/h8-15,19H,16-17H2,1-7H3,(H,26,30). The van der Waals surface area contributed by atoms with Crippen molar-refractivity contribution < 1.29 is 22.7 Å². The summed E-state index contributed by atoms with van der Waals surface area (Å²) < 4.78 is 31.5. The fraction of sp³-hybridized carbons (Fsp3) is 0.440. The van der Waals surface area contributed by atoms with Crippen LogP contribution in [0.25, 0.3) is 0 Å². The lowest BCUT2D eigenvalue weighted by molar-refractivity contribution is -0.140. The number of nitrogens with one attached hydrogen (secondary N) is 1. The van der Waals surface area contributed by atoms with E-state index in [1.807, 2.05) is 33.8 Å². The van der Waals surface area contributed by atoms with Gasteiger partial charge in [-0.2, -0.15) is 0 Å². The lowest BCUT2D eigenvalue weighted by Gasteiger charge is -2.33. The van der Waals surface area contributed by atoms with Crippen molar-refractivity contribution in [3.63, 3.8) is 0 Å². The molecule has 0 aliphatic rings. The number of benzene rings is 2. The minimum Gasteiger partial charge on any atom is -0.497 e. The van der Waals surface area contributed by atoms with Gasteiger partial charge in [0.05, 0.1) is 19.1 Å². The van der Waals surface area contributed by atoms with Gasteiger partial charge < -0.3 is 15.0 Å². The van der Waals surface area contributed by atoms with Crippen LogP contribution < -0.4 is 14.4 Å². The Kier molecular flexibility index (Phi) is 8.72. The summed E-state index contributed by atoms with van der Waals surface area (Å²) in [7, 11) is -2.20. The number of ether oxygens (including phenoxy) is 1. The third-order valence-corrected chi connectivity index (χ3v) is 6.29. The van der Waals surface area contributed by atoms with Crippen LogP contribution in [0.5, 0.6) is 5.75 Å². The summed E-state index contributed by atoms with van der Waals surface area (Å²) in [6.07, 6.45) is 1.06. The molecule has 9 heteroatoms. The molecule has 2 amide bonds. The van der Waals surface area contributed by atoms with Crippen molar-refractivity contribution in [1.29, 1.82) is 0 Å². The molecule has 0 aliphatic heterocycles. The summed E-state index contributed by atoms with van der Waals surface area (Å²) in [5.74, 6) is -0.204. The molecule has 1 atom stereocenters. The van der Waals surface area contributed by atoms with E-state index in [0.717, 1.165) is 21.7 Å². The van der Waals surface area contributed by atoms with Gasteiger partial charge in [-0.05, 0) is 64.4 Å². The van der Waals surface area contributed by atoms with Crippen LogP contribution in [0, 0.1) is 6.92 Å². The largest absolute Gasteiger partial charge is 0.497 e. The number of hydrogen-bond acceptors (Lipinski definition) is 5. The normalized spacial score (nSPS) is 12.6. The second-order valence-electron chi connectivity index (χ2n) is 9.39. The fourth-order valence-corrected chi connectivity index (χ4v) is 4.20. The predicted molar refractivity (Wildman–Crippen MR) is 134 cm³/mol. The number of anilines is 1. The molecule has 0 heterocycles. The molecule has 1 unspecified atom stereocenters. The maximum absolute atomic E-state index is 13.5. The maximum Gasteiger partial charge on any atom is 0.244 e. The van der Waals surface area contributed by atoms with Crippen LogP contribution in [0.2, 0.25) is 0 Å². The van der Waals surface area contributed by atoms with E-state index < -0.39 is 34.1 Å². The Hall–Kier alpha value is -3.07. The Morgan fingerprint density at radius 3 is 2.24 bits per heavy atom. The van der Waals surface area contributed by atoms with Crippen LogP contribution in [0.3, 0.4) is 0 Å². The Labute approximate surface area is 202 Å². The molecule has 0 aliphatic carbocycles. The molecule has 34 heavy (non-hydrogen) atoms. The highest BCUT2D eigenvalue weighted by Gasteiger charge is 2.31. The number of hydrogen-bond donors (Lipinski definition) is 1. The molecular weight excluding hydrogens is 454 g/mol. The van der Waals surface area contributed by atoms with Crippen molar-refractivity contribution in [2.24, 2.45) is 0 Å². The zero-order valence-electron chi connectivity index (χ0n) is 21.0. The number of methoxy groups -OCH3 is 1. The number of rotatable bonds is 9. The van der Waals surface area contributed by atoms with Crippen molar-refractivity contribution in [1.82, 2.24) is 10.2 Å². The highest BCUT2D eigenvalue weighted by atomic mass is 32.2. The van der Waals surface area contributed by atoms with Gasteiger partial charge in [0.25, 0.3) is 0 Å². The first-order chi connectivity index (χ1) is 15.7. The smallest absolute Gasteiger partial charge is 0.244 e. The molecule has 0 radical (unpaired) electrons. The molecule has 8 nitrogen and oxygen atoms in total. The third kappa shape index (κ3) is 7.76.